The molecule has 1 fully saturated rings. The average Bonchev–Trinajstić information content (AvgIpc) is 3.06. The number of hydrogen-bond donors (Lipinski definition) is 3. The van der Waals surface area contributed by atoms with E-state index in [1.54, 1.807) is 18.2 Å². The molecule has 0 spiro atoms. The van der Waals surface area contributed by atoms with Crippen LogP contribution in [-0.4, -0.2) is 120 Å². The van der Waals surface area contributed by atoms with Crippen LogP contribution in [0.3, 0.4) is 0 Å². The molecule has 1 saturated heterocycles. The Balaban J connectivity index is 1.42. The summed E-state index contributed by atoms with van der Waals surface area (Å²) < 4.78 is 52.0. The van der Waals surface area contributed by atoms with Crippen molar-refractivity contribution in [3.8, 4) is 17.0 Å². The minimum atomic E-state index is -3.84. The van der Waals surface area contributed by atoms with E-state index in [0.29, 0.717) is 68.8 Å². The molecule has 1 amide bonds. The van der Waals surface area contributed by atoms with Crippen molar-refractivity contribution in [3.05, 3.63) is 59.9 Å². The fourth-order valence-corrected chi connectivity index (χ4v) is 6.55. The van der Waals surface area contributed by atoms with Crippen molar-refractivity contribution in [3.63, 3.8) is 0 Å². The Bertz CT molecular complexity index is 1570. The molecule has 3 aliphatic heterocycles. The van der Waals surface area contributed by atoms with Gasteiger partial charge in [-0.05, 0) is 25.2 Å². The van der Waals surface area contributed by atoms with Gasteiger partial charge in [-0.25, -0.2) is 18.4 Å². The molecular formula is C31H41N7O7S. The highest BCUT2D eigenvalue weighted by Gasteiger charge is 2.26. The van der Waals surface area contributed by atoms with Crippen LogP contribution < -0.4 is 21.1 Å². The van der Waals surface area contributed by atoms with Crippen LogP contribution in [0.5, 0.6) is 5.75 Å². The van der Waals surface area contributed by atoms with E-state index in [2.05, 4.69) is 25.5 Å². The van der Waals surface area contributed by atoms with Gasteiger partial charge in [0.15, 0.2) is 11.5 Å². The zero-order valence-corrected chi connectivity index (χ0v) is 26.8. The van der Waals surface area contributed by atoms with Gasteiger partial charge in [0.1, 0.15) is 12.4 Å². The lowest BCUT2D eigenvalue weighted by atomic mass is 10.1. The third kappa shape index (κ3) is 8.55. The number of para-hydroxylation sites is 1. The SMILES string of the molecule is CNCc1cccc2c1OCCOCCOCCN(CCN1CCOCC1)S(=O)(=O)c1ccc(cc1)-c1cnc(N)c(n1)C(=O)N2. The third-order valence-electron chi connectivity index (χ3n) is 7.62. The number of rotatable bonds is 5. The lowest BCUT2D eigenvalue weighted by Gasteiger charge is -2.29. The molecule has 46 heavy (non-hydrogen) atoms. The Morgan fingerprint density at radius 2 is 1.61 bits per heavy atom. The van der Waals surface area contributed by atoms with E-state index in [9.17, 15) is 13.2 Å². The topological polar surface area (TPSA) is 170 Å². The van der Waals surface area contributed by atoms with Gasteiger partial charge >= 0.3 is 0 Å². The zero-order chi connectivity index (χ0) is 32.4. The summed E-state index contributed by atoms with van der Waals surface area (Å²) in [4.78, 5) is 24.5. The molecule has 0 aliphatic carbocycles. The third-order valence-corrected chi connectivity index (χ3v) is 9.53. The number of nitrogens with zero attached hydrogens (tertiary/aromatic N) is 4. The van der Waals surface area contributed by atoms with Crippen molar-refractivity contribution >= 4 is 27.4 Å². The van der Waals surface area contributed by atoms with Crippen LogP contribution in [0, 0.1) is 0 Å². The van der Waals surface area contributed by atoms with Crippen molar-refractivity contribution < 1.29 is 32.2 Å². The number of nitrogens with one attached hydrogen (secondary N) is 2. The first-order valence-corrected chi connectivity index (χ1v) is 16.7. The van der Waals surface area contributed by atoms with Crippen LogP contribution in [-0.2, 0) is 30.8 Å². The van der Waals surface area contributed by atoms with Crippen molar-refractivity contribution in [1.82, 2.24) is 24.5 Å². The molecule has 4 heterocycles. The van der Waals surface area contributed by atoms with Gasteiger partial charge in [0.05, 0.1) is 62.1 Å². The lowest BCUT2D eigenvalue weighted by Crippen LogP contribution is -2.44. The van der Waals surface area contributed by atoms with E-state index in [1.165, 1.54) is 22.6 Å². The molecular weight excluding hydrogens is 614 g/mol. The van der Waals surface area contributed by atoms with Crippen molar-refractivity contribution in [2.45, 2.75) is 11.4 Å². The molecule has 0 saturated carbocycles. The monoisotopic (exact) mass is 655 g/mol. The molecule has 3 aromatic rings. The normalized spacial score (nSPS) is 18.8. The number of amides is 1. The highest BCUT2D eigenvalue weighted by atomic mass is 32.2. The van der Waals surface area contributed by atoms with Gasteiger partial charge in [-0.15, -0.1) is 0 Å². The Morgan fingerprint density at radius 3 is 2.37 bits per heavy atom. The molecule has 14 nitrogen and oxygen atoms in total. The largest absolute Gasteiger partial charge is 0.489 e. The number of sulfonamides is 1. The van der Waals surface area contributed by atoms with Gasteiger partial charge in [0.2, 0.25) is 10.0 Å². The van der Waals surface area contributed by atoms with Gasteiger partial charge < -0.3 is 35.3 Å². The van der Waals surface area contributed by atoms with E-state index in [1.807, 2.05) is 19.2 Å². The fraction of sp³-hybridized carbons (Fsp3) is 0.452. The van der Waals surface area contributed by atoms with Gasteiger partial charge in [-0.1, -0.05) is 24.3 Å². The summed E-state index contributed by atoms with van der Waals surface area (Å²) in [5.74, 6) is -0.108. The maximum atomic E-state index is 13.8. The summed E-state index contributed by atoms with van der Waals surface area (Å²) >= 11 is 0. The van der Waals surface area contributed by atoms with Crippen molar-refractivity contribution in [1.29, 1.82) is 0 Å². The molecule has 6 rings (SSSR count). The van der Waals surface area contributed by atoms with E-state index >= 15 is 0 Å². The molecule has 1 aromatic heterocycles. The molecule has 4 N–H and O–H groups in total. The zero-order valence-electron chi connectivity index (χ0n) is 25.9. The van der Waals surface area contributed by atoms with Gasteiger partial charge in [0.25, 0.3) is 5.91 Å². The van der Waals surface area contributed by atoms with Crippen LogP contribution in [0.25, 0.3) is 11.3 Å². The molecule has 4 bridgehead atoms. The minimum absolute atomic E-state index is 0.0460. The second-order valence-electron chi connectivity index (χ2n) is 10.7. The van der Waals surface area contributed by atoms with Crippen LogP contribution in [0.4, 0.5) is 11.5 Å². The van der Waals surface area contributed by atoms with Gasteiger partial charge in [-0.2, -0.15) is 4.31 Å². The molecule has 0 unspecified atom stereocenters. The second-order valence-corrected chi connectivity index (χ2v) is 12.7. The summed E-state index contributed by atoms with van der Waals surface area (Å²) in [6, 6.07) is 11.8. The van der Waals surface area contributed by atoms with Crippen LogP contribution in [0.2, 0.25) is 0 Å². The Morgan fingerprint density at radius 1 is 0.913 bits per heavy atom. The lowest BCUT2D eigenvalue weighted by molar-refractivity contribution is 0.0285. The van der Waals surface area contributed by atoms with Crippen molar-refractivity contribution in [2.24, 2.45) is 0 Å². The predicted octanol–water partition coefficient (Wildman–Crippen LogP) is 1.45. The molecule has 0 radical (unpaired) electrons. The molecule has 15 heteroatoms. The summed E-state index contributed by atoms with van der Waals surface area (Å²) in [5, 5.41) is 5.97. The summed E-state index contributed by atoms with van der Waals surface area (Å²) in [5.41, 5.74) is 8.24. The average molecular weight is 656 g/mol. The van der Waals surface area contributed by atoms with Gasteiger partial charge in [0, 0.05) is 50.4 Å². The van der Waals surface area contributed by atoms with E-state index in [4.69, 9.17) is 24.7 Å². The summed E-state index contributed by atoms with van der Waals surface area (Å²) in [6.07, 6.45) is 1.45. The number of benzene rings is 2. The number of anilines is 2. The number of morpholine rings is 1. The molecule has 2 aromatic carbocycles. The summed E-state index contributed by atoms with van der Waals surface area (Å²) in [6.45, 7) is 5.67. The Kier molecular flexibility index (Phi) is 11.9. The van der Waals surface area contributed by atoms with E-state index in [0.717, 1.165) is 18.7 Å². The first-order valence-electron chi connectivity index (χ1n) is 15.3. The first-order chi connectivity index (χ1) is 22.4. The van der Waals surface area contributed by atoms with Crippen LogP contribution in [0.1, 0.15) is 16.1 Å². The number of hydrogen-bond acceptors (Lipinski definition) is 12. The van der Waals surface area contributed by atoms with E-state index in [-0.39, 0.29) is 42.8 Å². The van der Waals surface area contributed by atoms with Crippen LogP contribution in [0.15, 0.2) is 53.6 Å². The number of carbonyl (C=O) groups is 1. The fourth-order valence-electron chi connectivity index (χ4n) is 5.14. The quantitative estimate of drug-likeness (QED) is 0.339. The Labute approximate surface area is 269 Å². The van der Waals surface area contributed by atoms with Crippen LogP contribution >= 0.6 is 0 Å². The number of nitrogens with two attached hydrogens (primary N) is 1. The van der Waals surface area contributed by atoms with E-state index < -0.39 is 15.9 Å². The van der Waals surface area contributed by atoms with Crippen molar-refractivity contribution in [2.75, 3.05) is 97.1 Å². The van der Waals surface area contributed by atoms with Gasteiger partial charge in [-0.3, -0.25) is 9.69 Å². The number of nitrogen functional groups attached to an aromatic ring is 1. The Hall–Kier alpha value is -3.70. The standard InChI is InChI=1S/C31H41N7O7S/c1-33-21-24-3-2-4-26-29(24)45-20-19-44-18-17-43-16-13-38(10-9-37-11-14-42-15-12-37)46(40,41)25-7-5-23(6-8-25)27-22-34-30(32)28(35-27)31(39)36-26/h2-8,22,33H,9-21H2,1H3,(H2,32,34)(H,36,39). The smallest absolute Gasteiger partial charge is 0.278 e. The first kappa shape index (κ1) is 33.7. The minimum Gasteiger partial charge on any atom is -0.489 e. The highest BCUT2D eigenvalue weighted by molar-refractivity contribution is 7.89. The molecule has 3 aliphatic rings. The number of fused-ring (bicyclic) bond motifs is 13. The second kappa shape index (κ2) is 16.2. The maximum absolute atomic E-state index is 13.8. The number of ether oxygens (including phenoxy) is 4. The number of aromatic nitrogens is 2. The predicted molar refractivity (Wildman–Crippen MR) is 172 cm³/mol. The molecule has 0 atom stereocenters. The molecule has 248 valence electrons. The number of carbonyl (C=O) groups excluding carboxylic acids is 1. The summed E-state index contributed by atoms with van der Waals surface area (Å²) in [7, 11) is -2.02. The highest BCUT2D eigenvalue weighted by Crippen LogP contribution is 2.30. The maximum Gasteiger partial charge on any atom is 0.278 e.